The first-order chi connectivity index (χ1) is 7.61. The highest BCUT2D eigenvalue weighted by atomic mass is 32.1. The van der Waals surface area contributed by atoms with E-state index >= 15 is 0 Å². The number of thiophene rings is 1. The van der Waals surface area contributed by atoms with Crippen molar-refractivity contribution in [3.8, 4) is 16.9 Å². The second-order valence-electron chi connectivity index (χ2n) is 3.78. The van der Waals surface area contributed by atoms with Gasteiger partial charge in [0.05, 0.1) is 7.11 Å². The summed E-state index contributed by atoms with van der Waals surface area (Å²) in [5, 5.41) is 0. The lowest BCUT2D eigenvalue weighted by Gasteiger charge is -2.07. The van der Waals surface area contributed by atoms with Crippen LogP contribution in [0.3, 0.4) is 0 Å². The Morgan fingerprint density at radius 3 is 2.38 bits per heavy atom. The lowest BCUT2D eigenvalue weighted by Crippen LogP contribution is -1.92. The zero-order valence-corrected chi connectivity index (χ0v) is 10.5. The Labute approximate surface area is 99.7 Å². The number of nitrogen functional groups attached to an aromatic ring is 1. The fourth-order valence-corrected chi connectivity index (χ4v) is 2.75. The fourth-order valence-electron chi connectivity index (χ4n) is 1.81. The monoisotopic (exact) mass is 233 g/mol. The molecule has 0 spiro atoms. The number of methoxy groups -OCH3 is 1. The Bertz CT molecular complexity index is 517. The number of hydrogen-bond acceptors (Lipinski definition) is 3. The van der Waals surface area contributed by atoms with E-state index in [1.807, 2.05) is 18.2 Å². The molecule has 84 valence electrons. The van der Waals surface area contributed by atoms with Crippen LogP contribution in [0.25, 0.3) is 11.1 Å². The molecule has 1 heterocycles. The maximum absolute atomic E-state index is 6.03. The Morgan fingerprint density at radius 2 is 1.88 bits per heavy atom. The van der Waals surface area contributed by atoms with Crippen LogP contribution < -0.4 is 10.5 Å². The molecule has 0 saturated carbocycles. The number of anilines is 1. The van der Waals surface area contributed by atoms with Crippen LogP contribution in [-0.4, -0.2) is 7.11 Å². The van der Waals surface area contributed by atoms with Crippen LogP contribution in [0.1, 0.15) is 9.75 Å². The molecule has 2 N–H and O–H groups in total. The van der Waals surface area contributed by atoms with Crippen molar-refractivity contribution in [3.63, 3.8) is 0 Å². The average molecular weight is 233 g/mol. The van der Waals surface area contributed by atoms with Gasteiger partial charge in [-0.3, -0.25) is 0 Å². The number of benzene rings is 1. The fraction of sp³-hybridized carbons (Fsp3) is 0.231. The highest BCUT2D eigenvalue weighted by molar-refractivity contribution is 7.12. The van der Waals surface area contributed by atoms with Gasteiger partial charge in [0, 0.05) is 27.1 Å². The molecule has 2 nitrogen and oxygen atoms in total. The topological polar surface area (TPSA) is 35.2 Å². The van der Waals surface area contributed by atoms with Gasteiger partial charge >= 0.3 is 0 Å². The molecule has 0 bridgehead atoms. The molecule has 16 heavy (non-hydrogen) atoms. The van der Waals surface area contributed by atoms with Gasteiger partial charge in [-0.05, 0) is 37.6 Å². The van der Waals surface area contributed by atoms with Crippen LogP contribution in [0.5, 0.6) is 5.75 Å². The summed E-state index contributed by atoms with van der Waals surface area (Å²) in [6, 6.07) is 8.00. The summed E-state index contributed by atoms with van der Waals surface area (Å²) >= 11 is 1.80. The van der Waals surface area contributed by atoms with E-state index in [0.717, 1.165) is 17.0 Å². The minimum atomic E-state index is 0.764. The maximum atomic E-state index is 6.03. The summed E-state index contributed by atoms with van der Waals surface area (Å²) in [6.07, 6.45) is 0. The van der Waals surface area contributed by atoms with E-state index in [-0.39, 0.29) is 0 Å². The molecule has 1 aromatic carbocycles. The van der Waals surface area contributed by atoms with Gasteiger partial charge in [0.25, 0.3) is 0 Å². The summed E-state index contributed by atoms with van der Waals surface area (Å²) in [4.78, 5) is 2.61. The van der Waals surface area contributed by atoms with E-state index in [2.05, 4.69) is 19.9 Å². The van der Waals surface area contributed by atoms with Crippen LogP contribution in [0, 0.1) is 13.8 Å². The SMILES string of the molecule is COc1ccc(-c2cc(C)sc2C)c(N)c1. The molecule has 2 rings (SSSR count). The molecule has 0 fully saturated rings. The van der Waals surface area contributed by atoms with Crippen molar-refractivity contribution in [2.45, 2.75) is 13.8 Å². The van der Waals surface area contributed by atoms with E-state index in [4.69, 9.17) is 10.5 Å². The van der Waals surface area contributed by atoms with Gasteiger partial charge in [-0.1, -0.05) is 0 Å². The minimum Gasteiger partial charge on any atom is -0.497 e. The molecule has 0 aliphatic rings. The second-order valence-corrected chi connectivity index (χ2v) is 5.24. The zero-order valence-electron chi connectivity index (χ0n) is 9.70. The summed E-state index contributed by atoms with van der Waals surface area (Å²) in [6.45, 7) is 4.23. The van der Waals surface area contributed by atoms with Gasteiger partial charge in [0.15, 0.2) is 0 Å². The predicted octanol–water partition coefficient (Wildman–Crippen LogP) is 3.62. The van der Waals surface area contributed by atoms with Crippen molar-refractivity contribution >= 4 is 17.0 Å². The lowest BCUT2D eigenvalue weighted by atomic mass is 10.0. The molecule has 1 aromatic heterocycles. The maximum Gasteiger partial charge on any atom is 0.120 e. The first-order valence-corrected chi connectivity index (χ1v) is 5.94. The van der Waals surface area contributed by atoms with E-state index in [0.29, 0.717) is 0 Å². The molecule has 2 aromatic rings. The van der Waals surface area contributed by atoms with E-state index < -0.39 is 0 Å². The molecular formula is C13H15NOS. The molecule has 0 aliphatic heterocycles. The molecular weight excluding hydrogens is 218 g/mol. The molecule has 0 atom stereocenters. The minimum absolute atomic E-state index is 0.764. The largest absolute Gasteiger partial charge is 0.497 e. The third-order valence-electron chi connectivity index (χ3n) is 2.59. The second kappa shape index (κ2) is 4.18. The van der Waals surface area contributed by atoms with Gasteiger partial charge in [-0.25, -0.2) is 0 Å². The molecule has 0 unspecified atom stereocenters. The Balaban J connectivity index is 2.52. The zero-order chi connectivity index (χ0) is 11.7. The number of rotatable bonds is 2. The summed E-state index contributed by atoms with van der Waals surface area (Å²) in [5.41, 5.74) is 9.11. The van der Waals surface area contributed by atoms with Crippen LogP contribution in [0.2, 0.25) is 0 Å². The van der Waals surface area contributed by atoms with Gasteiger partial charge in [0.1, 0.15) is 5.75 Å². The molecule has 0 aliphatic carbocycles. The normalized spacial score (nSPS) is 10.4. The van der Waals surface area contributed by atoms with Gasteiger partial charge < -0.3 is 10.5 Å². The predicted molar refractivity (Wildman–Crippen MR) is 70.2 cm³/mol. The smallest absolute Gasteiger partial charge is 0.120 e. The van der Waals surface area contributed by atoms with E-state index in [1.54, 1.807) is 18.4 Å². The highest BCUT2D eigenvalue weighted by Gasteiger charge is 2.09. The highest BCUT2D eigenvalue weighted by Crippen LogP contribution is 2.35. The van der Waals surface area contributed by atoms with Crippen molar-refractivity contribution < 1.29 is 4.74 Å². The Morgan fingerprint density at radius 1 is 1.12 bits per heavy atom. The van der Waals surface area contributed by atoms with E-state index in [9.17, 15) is 0 Å². The third-order valence-corrected chi connectivity index (χ3v) is 3.56. The summed E-state index contributed by atoms with van der Waals surface area (Å²) in [7, 11) is 1.65. The van der Waals surface area contributed by atoms with Gasteiger partial charge in [-0.2, -0.15) is 0 Å². The standard InChI is InChI=1S/C13H15NOS/c1-8-6-12(9(2)16-8)11-5-4-10(15-3)7-13(11)14/h4-7H,14H2,1-3H3. The van der Waals surface area contributed by atoms with Crippen LogP contribution in [0.4, 0.5) is 5.69 Å². The first-order valence-electron chi connectivity index (χ1n) is 5.12. The number of ether oxygens (including phenoxy) is 1. The molecule has 3 heteroatoms. The Kier molecular flexibility index (Phi) is 2.88. The third kappa shape index (κ3) is 1.91. The lowest BCUT2D eigenvalue weighted by molar-refractivity contribution is 0.415. The van der Waals surface area contributed by atoms with Crippen LogP contribution >= 0.6 is 11.3 Å². The van der Waals surface area contributed by atoms with Gasteiger partial charge in [-0.15, -0.1) is 11.3 Å². The van der Waals surface area contributed by atoms with Crippen molar-refractivity contribution in [2.24, 2.45) is 0 Å². The summed E-state index contributed by atoms with van der Waals surface area (Å²) in [5.74, 6) is 0.797. The van der Waals surface area contributed by atoms with Crippen molar-refractivity contribution in [3.05, 3.63) is 34.0 Å². The average Bonchev–Trinajstić information content (AvgIpc) is 2.57. The first kappa shape index (κ1) is 11.0. The molecule has 0 saturated heterocycles. The van der Waals surface area contributed by atoms with Gasteiger partial charge in [0.2, 0.25) is 0 Å². The van der Waals surface area contributed by atoms with Crippen molar-refractivity contribution in [2.75, 3.05) is 12.8 Å². The molecule has 0 amide bonds. The van der Waals surface area contributed by atoms with Crippen molar-refractivity contribution in [1.82, 2.24) is 0 Å². The number of aryl methyl sites for hydroxylation is 2. The van der Waals surface area contributed by atoms with Crippen LogP contribution in [0.15, 0.2) is 24.3 Å². The van der Waals surface area contributed by atoms with E-state index in [1.165, 1.54) is 15.3 Å². The Hall–Kier alpha value is -1.48. The summed E-state index contributed by atoms with van der Waals surface area (Å²) < 4.78 is 5.14. The number of hydrogen-bond donors (Lipinski definition) is 1. The van der Waals surface area contributed by atoms with Crippen LogP contribution in [-0.2, 0) is 0 Å². The molecule has 0 radical (unpaired) electrons. The number of nitrogens with two attached hydrogens (primary N) is 1. The quantitative estimate of drug-likeness (QED) is 0.804. The van der Waals surface area contributed by atoms with Crippen molar-refractivity contribution in [1.29, 1.82) is 0 Å².